The zero-order valence-electron chi connectivity index (χ0n) is 14.8. The van der Waals surface area contributed by atoms with Gasteiger partial charge in [-0.05, 0) is 42.5 Å². The monoisotopic (exact) mass is 383 g/mol. The SMILES string of the molecule is COc1ccc(Nc2ccc(C(=O)Nc3cccc(Cl)c3)cn2)c(OC)c1. The minimum absolute atomic E-state index is 0.265. The number of halogens is 1. The molecule has 0 radical (unpaired) electrons. The number of pyridine rings is 1. The van der Waals surface area contributed by atoms with E-state index in [0.717, 1.165) is 5.69 Å². The first kappa shape index (κ1) is 18.5. The van der Waals surface area contributed by atoms with Crippen molar-refractivity contribution in [1.82, 2.24) is 4.98 Å². The first-order valence-electron chi connectivity index (χ1n) is 8.11. The molecule has 0 spiro atoms. The van der Waals surface area contributed by atoms with Crippen molar-refractivity contribution < 1.29 is 14.3 Å². The Morgan fingerprint density at radius 2 is 1.89 bits per heavy atom. The number of nitrogens with zero attached hydrogens (tertiary/aromatic N) is 1. The Morgan fingerprint density at radius 1 is 1.04 bits per heavy atom. The van der Waals surface area contributed by atoms with Crippen LogP contribution >= 0.6 is 11.6 Å². The number of carbonyl (C=O) groups is 1. The molecular weight excluding hydrogens is 366 g/mol. The maximum atomic E-state index is 12.3. The average molecular weight is 384 g/mol. The summed E-state index contributed by atoms with van der Waals surface area (Å²) in [7, 11) is 3.17. The summed E-state index contributed by atoms with van der Waals surface area (Å²) in [5.41, 5.74) is 1.79. The van der Waals surface area contributed by atoms with E-state index in [4.69, 9.17) is 21.1 Å². The van der Waals surface area contributed by atoms with E-state index >= 15 is 0 Å². The number of aromatic nitrogens is 1. The fraction of sp³-hybridized carbons (Fsp3) is 0.100. The first-order chi connectivity index (χ1) is 13.1. The second-order valence-electron chi connectivity index (χ2n) is 5.59. The van der Waals surface area contributed by atoms with Crippen molar-refractivity contribution in [2.24, 2.45) is 0 Å². The molecule has 0 aliphatic carbocycles. The molecular formula is C20H18ClN3O3. The van der Waals surface area contributed by atoms with Gasteiger partial charge in [0.25, 0.3) is 5.91 Å². The van der Waals surface area contributed by atoms with Crippen LogP contribution in [0.1, 0.15) is 10.4 Å². The molecule has 2 N–H and O–H groups in total. The van der Waals surface area contributed by atoms with Crippen molar-refractivity contribution in [2.75, 3.05) is 24.9 Å². The van der Waals surface area contributed by atoms with Crippen LogP contribution < -0.4 is 20.1 Å². The van der Waals surface area contributed by atoms with Gasteiger partial charge in [0, 0.05) is 23.0 Å². The highest BCUT2D eigenvalue weighted by Gasteiger charge is 2.09. The predicted octanol–water partition coefficient (Wildman–Crippen LogP) is 4.75. The van der Waals surface area contributed by atoms with E-state index in [1.54, 1.807) is 56.7 Å². The highest BCUT2D eigenvalue weighted by atomic mass is 35.5. The molecule has 1 heterocycles. The van der Waals surface area contributed by atoms with E-state index in [1.165, 1.54) is 6.20 Å². The zero-order valence-corrected chi connectivity index (χ0v) is 15.6. The Hall–Kier alpha value is -3.25. The van der Waals surface area contributed by atoms with Crippen molar-refractivity contribution in [1.29, 1.82) is 0 Å². The number of amides is 1. The summed E-state index contributed by atoms with van der Waals surface area (Å²) >= 11 is 5.93. The van der Waals surface area contributed by atoms with Gasteiger partial charge >= 0.3 is 0 Å². The van der Waals surface area contributed by atoms with Gasteiger partial charge in [0.1, 0.15) is 17.3 Å². The molecule has 0 bridgehead atoms. The van der Waals surface area contributed by atoms with Crippen LogP contribution in [0.4, 0.5) is 17.2 Å². The topological polar surface area (TPSA) is 72.5 Å². The molecule has 7 heteroatoms. The van der Waals surface area contributed by atoms with Crippen LogP contribution in [0.25, 0.3) is 0 Å². The van der Waals surface area contributed by atoms with Gasteiger partial charge in [-0.15, -0.1) is 0 Å². The molecule has 0 atom stereocenters. The molecule has 0 saturated carbocycles. The van der Waals surface area contributed by atoms with E-state index < -0.39 is 0 Å². The molecule has 1 amide bonds. The van der Waals surface area contributed by atoms with Crippen LogP contribution in [0.2, 0.25) is 5.02 Å². The summed E-state index contributed by atoms with van der Waals surface area (Å²) in [6.45, 7) is 0. The van der Waals surface area contributed by atoms with Crippen molar-refractivity contribution in [3.63, 3.8) is 0 Å². The second-order valence-corrected chi connectivity index (χ2v) is 6.02. The summed E-state index contributed by atoms with van der Waals surface area (Å²) in [5, 5.41) is 6.49. The van der Waals surface area contributed by atoms with E-state index in [-0.39, 0.29) is 5.91 Å². The maximum Gasteiger partial charge on any atom is 0.257 e. The Balaban J connectivity index is 1.71. The molecule has 1 aromatic heterocycles. The third-order valence-electron chi connectivity index (χ3n) is 3.78. The van der Waals surface area contributed by atoms with Gasteiger partial charge < -0.3 is 20.1 Å². The molecule has 0 saturated heterocycles. The number of nitrogens with one attached hydrogen (secondary N) is 2. The fourth-order valence-corrected chi connectivity index (χ4v) is 2.60. The Labute approximate surface area is 162 Å². The second kappa shape index (κ2) is 8.42. The van der Waals surface area contributed by atoms with Crippen molar-refractivity contribution >= 4 is 34.7 Å². The molecule has 3 rings (SSSR count). The fourth-order valence-electron chi connectivity index (χ4n) is 2.41. The van der Waals surface area contributed by atoms with Crippen molar-refractivity contribution in [2.45, 2.75) is 0 Å². The lowest BCUT2D eigenvalue weighted by Crippen LogP contribution is -2.12. The highest BCUT2D eigenvalue weighted by molar-refractivity contribution is 6.30. The lowest BCUT2D eigenvalue weighted by molar-refractivity contribution is 0.102. The standard InChI is InChI=1S/C20H18ClN3O3/c1-26-16-7-8-17(18(11-16)27-2)24-19-9-6-13(12-22-19)20(25)23-15-5-3-4-14(21)10-15/h3-12H,1-2H3,(H,22,24)(H,23,25). The average Bonchev–Trinajstić information content (AvgIpc) is 2.69. The van der Waals surface area contributed by atoms with Crippen LogP contribution in [0.3, 0.4) is 0 Å². The third kappa shape index (κ3) is 4.68. The molecule has 138 valence electrons. The van der Waals surface area contributed by atoms with E-state index in [9.17, 15) is 4.79 Å². The van der Waals surface area contributed by atoms with Gasteiger partial charge in [-0.1, -0.05) is 17.7 Å². The normalized spacial score (nSPS) is 10.2. The van der Waals surface area contributed by atoms with E-state index in [1.807, 2.05) is 12.1 Å². The van der Waals surface area contributed by atoms with Crippen LogP contribution in [0.5, 0.6) is 11.5 Å². The van der Waals surface area contributed by atoms with Gasteiger partial charge in [0.15, 0.2) is 0 Å². The van der Waals surface area contributed by atoms with Crippen LogP contribution in [0.15, 0.2) is 60.8 Å². The van der Waals surface area contributed by atoms with Crippen molar-refractivity contribution in [3.8, 4) is 11.5 Å². The first-order valence-corrected chi connectivity index (χ1v) is 8.49. The number of benzene rings is 2. The summed E-state index contributed by atoms with van der Waals surface area (Å²) in [6.07, 6.45) is 1.50. The molecule has 0 aliphatic heterocycles. The van der Waals surface area contributed by atoms with Gasteiger partial charge in [-0.2, -0.15) is 0 Å². The molecule has 0 unspecified atom stereocenters. The number of hydrogen-bond donors (Lipinski definition) is 2. The van der Waals surface area contributed by atoms with Crippen LogP contribution in [-0.2, 0) is 0 Å². The number of carbonyl (C=O) groups excluding carboxylic acids is 1. The van der Waals surface area contributed by atoms with E-state index in [0.29, 0.717) is 33.6 Å². The maximum absolute atomic E-state index is 12.3. The molecule has 6 nitrogen and oxygen atoms in total. The molecule has 2 aromatic carbocycles. The smallest absolute Gasteiger partial charge is 0.257 e. The molecule has 0 aliphatic rings. The summed E-state index contributed by atoms with van der Waals surface area (Å²) in [5.74, 6) is 1.63. The largest absolute Gasteiger partial charge is 0.497 e. The number of methoxy groups -OCH3 is 2. The van der Waals surface area contributed by atoms with E-state index in [2.05, 4.69) is 15.6 Å². The van der Waals surface area contributed by atoms with Gasteiger partial charge in [0.2, 0.25) is 0 Å². The quantitative estimate of drug-likeness (QED) is 0.642. The predicted molar refractivity (Wildman–Crippen MR) is 106 cm³/mol. The Kier molecular flexibility index (Phi) is 5.78. The Morgan fingerprint density at radius 3 is 2.56 bits per heavy atom. The lowest BCUT2D eigenvalue weighted by Gasteiger charge is -2.12. The molecule has 27 heavy (non-hydrogen) atoms. The summed E-state index contributed by atoms with van der Waals surface area (Å²) in [4.78, 5) is 16.6. The minimum atomic E-state index is -0.265. The number of rotatable bonds is 6. The van der Waals surface area contributed by atoms with Gasteiger partial charge in [-0.3, -0.25) is 4.79 Å². The number of ether oxygens (including phenoxy) is 2. The number of hydrogen-bond acceptors (Lipinski definition) is 5. The van der Waals surface area contributed by atoms with Gasteiger partial charge in [-0.25, -0.2) is 4.98 Å². The zero-order chi connectivity index (χ0) is 19.2. The summed E-state index contributed by atoms with van der Waals surface area (Å²) < 4.78 is 10.5. The number of anilines is 3. The van der Waals surface area contributed by atoms with Crippen LogP contribution in [0, 0.1) is 0 Å². The highest BCUT2D eigenvalue weighted by Crippen LogP contribution is 2.31. The Bertz CT molecular complexity index is 945. The molecule has 0 fully saturated rings. The minimum Gasteiger partial charge on any atom is -0.497 e. The van der Waals surface area contributed by atoms with Crippen molar-refractivity contribution in [3.05, 3.63) is 71.4 Å². The van der Waals surface area contributed by atoms with Gasteiger partial charge in [0.05, 0.1) is 25.5 Å². The third-order valence-corrected chi connectivity index (χ3v) is 4.01. The lowest BCUT2D eigenvalue weighted by atomic mass is 10.2. The molecule has 3 aromatic rings. The van der Waals surface area contributed by atoms with Crippen LogP contribution in [-0.4, -0.2) is 25.1 Å². The summed E-state index contributed by atoms with van der Waals surface area (Å²) in [6, 6.07) is 15.8.